The van der Waals surface area contributed by atoms with Gasteiger partial charge in [-0.1, -0.05) is 23.7 Å². The maximum absolute atomic E-state index is 10.4. The van der Waals surface area contributed by atoms with Gasteiger partial charge in [-0.2, -0.15) is 0 Å². The summed E-state index contributed by atoms with van der Waals surface area (Å²) >= 11 is 5.81. The molecule has 0 saturated heterocycles. The van der Waals surface area contributed by atoms with Crippen molar-refractivity contribution in [2.75, 3.05) is 11.9 Å². The van der Waals surface area contributed by atoms with E-state index in [0.717, 1.165) is 17.9 Å². The number of aromatic nitrogens is 2. The fourth-order valence-corrected chi connectivity index (χ4v) is 1.78. The number of nitrogens with one attached hydrogen (secondary N) is 1. The molecule has 20 heavy (non-hydrogen) atoms. The number of hydrogen-bond donors (Lipinski definition) is 1. The molecule has 2 aromatic rings. The second-order valence-electron chi connectivity index (χ2n) is 4.18. The van der Waals surface area contributed by atoms with Crippen molar-refractivity contribution in [2.45, 2.75) is 12.8 Å². The zero-order valence-corrected chi connectivity index (χ0v) is 11.4. The summed E-state index contributed by atoms with van der Waals surface area (Å²) in [7, 11) is 0. The molecule has 6 nitrogen and oxygen atoms in total. The van der Waals surface area contributed by atoms with Crippen LogP contribution in [0.4, 0.5) is 11.6 Å². The molecule has 0 atom stereocenters. The van der Waals surface area contributed by atoms with Gasteiger partial charge in [-0.25, -0.2) is 9.97 Å². The van der Waals surface area contributed by atoms with Crippen molar-refractivity contribution >= 4 is 23.2 Å². The van der Waals surface area contributed by atoms with Crippen molar-refractivity contribution < 1.29 is 4.92 Å². The van der Waals surface area contributed by atoms with Gasteiger partial charge in [0, 0.05) is 11.6 Å². The lowest BCUT2D eigenvalue weighted by Crippen LogP contribution is -2.06. The number of anilines is 1. The van der Waals surface area contributed by atoms with Gasteiger partial charge < -0.3 is 5.32 Å². The van der Waals surface area contributed by atoms with Crippen LogP contribution in [-0.4, -0.2) is 21.4 Å². The van der Waals surface area contributed by atoms with Crippen LogP contribution in [0.2, 0.25) is 5.02 Å². The summed E-state index contributed by atoms with van der Waals surface area (Å²) in [5.74, 6) is 0.395. The van der Waals surface area contributed by atoms with Crippen LogP contribution in [0.15, 0.2) is 36.7 Å². The van der Waals surface area contributed by atoms with E-state index in [-0.39, 0.29) is 5.69 Å². The second kappa shape index (κ2) is 6.81. The molecule has 1 heterocycles. The Hall–Kier alpha value is -2.21. The Bertz CT molecular complexity index is 572. The molecule has 0 aliphatic heterocycles. The molecule has 1 N–H and O–H groups in total. The molecule has 0 fully saturated rings. The highest BCUT2D eigenvalue weighted by Crippen LogP contribution is 2.11. The second-order valence-corrected chi connectivity index (χ2v) is 4.62. The van der Waals surface area contributed by atoms with Gasteiger partial charge in [0.15, 0.2) is 0 Å². The third-order valence-corrected chi connectivity index (χ3v) is 2.94. The van der Waals surface area contributed by atoms with Crippen LogP contribution in [0.25, 0.3) is 0 Å². The Morgan fingerprint density at radius 3 is 2.45 bits per heavy atom. The van der Waals surface area contributed by atoms with E-state index in [1.165, 1.54) is 18.0 Å². The van der Waals surface area contributed by atoms with Crippen LogP contribution in [0.5, 0.6) is 0 Å². The Labute approximate surface area is 121 Å². The van der Waals surface area contributed by atoms with E-state index in [4.69, 9.17) is 11.6 Å². The highest BCUT2D eigenvalue weighted by molar-refractivity contribution is 6.30. The van der Waals surface area contributed by atoms with Gasteiger partial charge in [0.1, 0.15) is 12.4 Å². The van der Waals surface area contributed by atoms with Gasteiger partial charge in [0.05, 0.1) is 4.92 Å². The minimum Gasteiger partial charge on any atom is -0.354 e. The highest BCUT2D eigenvalue weighted by Gasteiger charge is 2.05. The molecule has 0 saturated carbocycles. The van der Waals surface area contributed by atoms with E-state index in [1.54, 1.807) is 0 Å². The molecule has 104 valence electrons. The Balaban J connectivity index is 1.75. The molecule has 2 rings (SSSR count). The van der Waals surface area contributed by atoms with Crippen LogP contribution < -0.4 is 5.32 Å². The minimum absolute atomic E-state index is 0.114. The zero-order chi connectivity index (χ0) is 14.4. The van der Waals surface area contributed by atoms with Crippen molar-refractivity contribution in [1.82, 2.24) is 9.97 Å². The normalized spacial score (nSPS) is 10.2. The maximum Gasteiger partial charge on any atom is 0.305 e. The van der Waals surface area contributed by atoms with Gasteiger partial charge in [0.25, 0.3) is 0 Å². The van der Waals surface area contributed by atoms with Gasteiger partial charge in [-0.15, -0.1) is 0 Å². The van der Waals surface area contributed by atoms with E-state index in [2.05, 4.69) is 15.3 Å². The highest BCUT2D eigenvalue weighted by atomic mass is 35.5. The van der Waals surface area contributed by atoms with Gasteiger partial charge in [-0.3, -0.25) is 10.1 Å². The molecule has 1 aromatic carbocycles. The fourth-order valence-electron chi connectivity index (χ4n) is 1.65. The van der Waals surface area contributed by atoms with Crippen molar-refractivity contribution in [3.05, 3.63) is 57.4 Å². The van der Waals surface area contributed by atoms with Crippen LogP contribution >= 0.6 is 11.6 Å². The topological polar surface area (TPSA) is 81.0 Å². The van der Waals surface area contributed by atoms with E-state index in [0.29, 0.717) is 12.5 Å². The van der Waals surface area contributed by atoms with Gasteiger partial charge >= 0.3 is 5.69 Å². The number of benzene rings is 1. The van der Waals surface area contributed by atoms with E-state index in [1.807, 2.05) is 24.3 Å². The smallest absolute Gasteiger partial charge is 0.305 e. The number of nitrogens with zero attached hydrogens (tertiary/aromatic N) is 3. The lowest BCUT2D eigenvalue weighted by atomic mass is 10.1. The average Bonchev–Trinajstić information content (AvgIpc) is 2.46. The first-order valence-electron chi connectivity index (χ1n) is 6.10. The molecular formula is C13H13ClN4O2. The lowest BCUT2D eigenvalue weighted by Gasteiger charge is -2.04. The number of hydrogen-bond acceptors (Lipinski definition) is 5. The molecule has 0 amide bonds. The van der Waals surface area contributed by atoms with Crippen LogP contribution in [0.1, 0.15) is 12.0 Å². The van der Waals surface area contributed by atoms with Crippen LogP contribution in [-0.2, 0) is 6.42 Å². The molecule has 0 spiro atoms. The summed E-state index contributed by atoms with van der Waals surface area (Å²) in [5, 5.41) is 14.2. The van der Waals surface area contributed by atoms with E-state index >= 15 is 0 Å². The largest absolute Gasteiger partial charge is 0.354 e. The van der Waals surface area contributed by atoms with Crippen molar-refractivity contribution in [3.8, 4) is 0 Å². The van der Waals surface area contributed by atoms with Crippen molar-refractivity contribution in [2.24, 2.45) is 0 Å². The summed E-state index contributed by atoms with van der Waals surface area (Å²) in [5.41, 5.74) is 1.09. The first-order valence-corrected chi connectivity index (χ1v) is 6.48. The number of aryl methyl sites for hydroxylation is 1. The molecule has 0 unspecified atom stereocenters. The molecule has 1 aromatic heterocycles. The third kappa shape index (κ3) is 4.17. The Morgan fingerprint density at radius 1 is 1.20 bits per heavy atom. The Kier molecular flexibility index (Phi) is 4.84. The van der Waals surface area contributed by atoms with Crippen molar-refractivity contribution in [1.29, 1.82) is 0 Å². The number of rotatable bonds is 6. The molecule has 0 bridgehead atoms. The monoisotopic (exact) mass is 292 g/mol. The predicted molar refractivity (Wildman–Crippen MR) is 76.9 cm³/mol. The minimum atomic E-state index is -0.523. The predicted octanol–water partition coefficient (Wildman–Crippen LogP) is 3.08. The summed E-state index contributed by atoms with van der Waals surface area (Å²) in [6.07, 6.45) is 4.20. The first kappa shape index (κ1) is 14.2. The molecule has 0 aliphatic carbocycles. The quantitative estimate of drug-likeness (QED) is 0.503. The Morgan fingerprint density at radius 2 is 1.85 bits per heavy atom. The summed E-state index contributed by atoms with van der Waals surface area (Å²) in [6.45, 7) is 0.695. The molecule has 7 heteroatoms. The molecule has 0 radical (unpaired) electrons. The first-order chi connectivity index (χ1) is 9.65. The van der Waals surface area contributed by atoms with Crippen molar-refractivity contribution in [3.63, 3.8) is 0 Å². The standard InChI is InChI=1S/C13H13ClN4O2/c14-11-5-3-10(4-6-11)2-1-7-15-13-16-8-12(9-17-13)18(19)20/h3-6,8-9H,1-2,7H2,(H,15,16,17). The summed E-state index contributed by atoms with van der Waals surface area (Å²) < 4.78 is 0. The van der Waals surface area contributed by atoms with Gasteiger partial charge in [-0.05, 0) is 30.5 Å². The maximum atomic E-state index is 10.4. The molecule has 0 aliphatic rings. The summed E-state index contributed by atoms with van der Waals surface area (Å²) in [6, 6.07) is 7.71. The van der Waals surface area contributed by atoms with Crippen LogP contribution in [0.3, 0.4) is 0 Å². The van der Waals surface area contributed by atoms with Crippen LogP contribution in [0, 0.1) is 10.1 Å². The number of nitro groups is 1. The number of halogens is 1. The lowest BCUT2D eigenvalue weighted by molar-refractivity contribution is -0.385. The average molecular weight is 293 g/mol. The van der Waals surface area contributed by atoms with Gasteiger partial charge in [0.2, 0.25) is 5.95 Å². The third-order valence-electron chi connectivity index (χ3n) is 2.69. The van der Waals surface area contributed by atoms with E-state index < -0.39 is 4.92 Å². The van der Waals surface area contributed by atoms with E-state index in [9.17, 15) is 10.1 Å². The SMILES string of the molecule is O=[N+]([O-])c1cnc(NCCCc2ccc(Cl)cc2)nc1. The molecular weight excluding hydrogens is 280 g/mol. The summed E-state index contributed by atoms with van der Waals surface area (Å²) in [4.78, 5) is 17.7. The zero-order valence-electron chi connectivity index (χ0n) is 10.6. The fraction of sp³-hybridized carbons (Fsp3) is 0.231.